The van der Waals surface area contributed by atoms with Crippen LogP contribution in [0.5, 0.6) is 0 Å². The second-order valence-corrected chi connectivity index (χ2v) is 5.76. The van der Waals surface area contributed by atoms with Gasteiger partial charge in [0.05, 0.1) is 11.0 Å². The number of hydrogen-bond acceptors (Lipinski definition) is 5. The highest BCUT2D eigenvalue weighted by Crippen LogP contribution is 2.34. The number of ketones is 1. The van der Waals surface area contributed by atoms with Crippen molar-refractivity contribution < 1.29 is 19.2 Å². The summed E-state index contributed by atoms with van der Waals surface area (Å²) in [4.78, 5) is 34.5. The molecule has 0 aliphatic carbocycles. The zero-order valence-corrected chi connectivity index (χ0v) is 13.6. The maximum Gasteiger partial charge on any atom is 0.317 e. The Morgan fingerprint density at radius 1 is 1.27 bits per heavy atom. The fraction of sp³-hybridized carbons (Fsp3) is 0.467. The van der Waals surface area contributed by atoms with Crippen molar-refractivity contribution in [3.8, 4) is 0 Å². The average Bonchev–Trinajstić information content (AvgIpc) is 2.36. The highest BCUT2D eigenvalue weighted by molar-refractivity contribution is 6.30. The highest BCUT2D eigenvalue weighted by atomic mass is 35.5. The number of nitrogens with zero attached hydrogens (tertiary/aromatic N) is 1. The lowest BCUT2D eigenvalue weighted by molar-refractivity contribution is -0.385. The van der Waals surface area contributed by atoms with Gasteiger partial charge < -0.3 is 4.74 Å². The summed E-state index contributed by atoms with van der Waals surface area (Å²) >= 11 is 5.78. The molecule has 0 N–H and O–H groups in total. The molecular weight excluding hydrogens is 310 g/mol. The Kier molecular flexibility index (Phi) is 6.05. The Morgan fingerprint density at radius 2 is 1.86 bits per heavy atom. The van der Waals surface area contributed by atoms with Crippen LogP contribution in [0.15, 0.2) is 18.2 Å². The number of benzene rings is 1. The summed E-state index contributed by atoms with van der Waals surface area (Å²) in [5, 5.41) is 11.4. The molecule has 0 fully saturated rings. The van der Waals surface area contributed by atoms with Crippen LogP contribution in [0.1, 0.15) is 39.2 Å². The smallest absolute Gasteiger partial charge is 0.317 e. The van der Waals surface area contributed by atoms with Crippen molar-refractivity contribution >= 4 is 29.0 Å². The molecule has 2 atom stereocenters. The van der Waals surface area contributed by atoms with Crippen molar-refractivity contribution in [2.75, 3.05) is 0 Å². The van der Waals surface area contributed by atoms with Crippen LogP contribution in [0.3, 0.4) is 0 Å². The van der Waals surface area contributed by atoms with Crippen molar-refractivity contribution in [2.24, 2.45) is 5.92 Å². The van der Waals surface area contributed by atoms with Crippen LogP contribution in [0, 0.1) is 16.0 Å². The fourth-order valence-electron chi connectivity index (χ4n) is 2.27. The minimum absolute atomic E-state index is 0.215. The number of Topliss-reactive ketones (excluding diaryl/α,β-unsaturated/α-hetero) is 1. The van der Waals surface area contributed by atoms with E-state index in [0.29, 0.717) is 0 Å². The lowest BCUT2D eigenvalue weighted by Gasteiger charge is -2.21. The molecule has 2 unspecified atom stereocenters. The first-order chi connectivity index (χ1) is 10.1. The molecule has 0 spiro atoms. The van der Waals surface area contributed by atoms with E-state index in [9.17, 15) is 19.7 Å². The van der Waals surface area contributed by atoms with Crippen LogP contribution in [-0.4, -0.2) is 22.8 Å². The number of rotatable bonds is 6. The summed E-state index contributed by atoms with van der Waals surface area (Å²) in [7, 11) is 0. The zero-order valence-electron chi connectivity index (χ0n) is 12.8. The number of nitro groups is 1. The summed E-state index contributed by atoms with van der Waals surface area (Å²) in [6, 6.07) is 4.16. The molecule has 0 amide bonds. The standard InChI is InChI=1S/C15H18ClNO5/c1-8(2)22-15(19)14(10(4)18)9(3)12-6-5-11(16)7-13(12)17(20)21/h5-9,14H,1-4H3. The molecule has 0 aliphatic heterocycles. The van der Waals surface area contributed by atoms with Gasteiger partial charge in [-0.05, 0) is 26.8 Å². The molecule has 0 aromatic heterocycles. The van der Waals surface area contributed by atoms with Gasteiger partial charge >= 0.3 is 5.97 Å². The van der Waals surface area contributed by atoms with E-state index in [0.717, 1.165) is 0 Å². The van der Waals surface area contributed by atoms with Gasteiger partial charge in [-0.3, -0.25) is 19.7 Å². The summed E-state index contributed by atoms with van der Waals surface area (Å²) in [6.45, 7) is 6.20. The van der Waals surface area contributed by atoms with Gasteiger partial charge in [-0.2, -0.15) is 0 Å². The third-order valence-corrected chi connectivity index (χ3v) is 3.46. The molecule has 0 radical (unpaired) electrons. The normalized spacial score (nSPS) is 13.5. The Bertz CT molecular complexity index is 600. The van der Waals surface area contributed by atoms with Crippen molar-refractivity contribution in [1.29, 1.82) is 0 Å². The van der Waals surface area contributed by atoms with E-state index in [-0.39, 0.29) is 22.4 Å². The number of carbonyl (C=O) groups excluding carboxylic acids is 2. The van der Waals surface area contributed by atoms with E-state index in [1.807, 2.05) is 0 Å². The molecule has 120 valence electrons. The van der Waals surface area contributed by atoms with Gasteiger partial charge in [0.15, 0.2) is 0 Å². The molecule has 0 saturated heterocycles. The van der Waals surface area contributed by atoms with Crippen LogP contribution in [0.4, 0.5) is 5.69 Å². The maximum absolute atomic E-state index is 12.1. The first-order valence-corrected chi connectivity index (χ1v) is 7.17. The van der Waals surface area contributed by atoms with Crippen LogP contribution in [0.25, 0.3) is 0 Å². The summed E-state index contributed by atoms with van der Waals surface area (Å²) in [5.74, 6) is -2.87. The monoisotopic (exact) mass is 327 g/mol. The third-order valence-electron chi connectivity index (χ3n) is 3.22. The van der Waals surface area contributed by atoms with Crippen LogP contribution < -0.4 is 0 Å². The molecule has 22 heavy (non-hydrogen) atoms. The Labute approximate surface area is 133 Å². The van der Waals surface area contributed by atoms with Gasteiger partial charge in [0.1, 0.15) is 11.7 Å². The number of halogens is 1. The first kappa shape index (κ1) is 18.1. The van der Waals surface area contributed by atoms with E-state index >= 15 is 0 Å². The maximum atomic E-state index is 12.1. The molecule has 0 bridgehead atoms. The van der Waals surface area contributed by atoms with Gasteiger partial charge in [-0.25, -0.2) is 0 Å². The van der Waals surface area contributed by atoms with Crippen molar-refractivity contribution in [1.82, 2.24) is 0 Å². The molecule has 1 aromatic rings. The predicted molar refractivity (Wildman–Crippen MR) is 81.9 cm³/mol. The van der Waals surface area contributed by atoms with Crippen molar-refractivity contribution in [2.45, 2.75) is 39.7 Å². The molecule has 6 nitrogen and oxygen atoms in total. The van der Waals surface area contributed by atoms with E-state index in [1.165, 1.54) is 25.1 Å². The largest absolute Gasteiger partial charge is 0.462 e. The van der Waals surface area contributed by atoms with Crippen molar-refractivity contribution in [3.63, 3.8) is 0 Å². The Balaban J connectivity index is 3.26. The van der Waals surface area contributed by atoms with Gasteiger partial charge in [-0.1, -0.05) is 24.6 Å². The average molecular weight is 328 g/mol. The predicted octanol–water partition coefficient (Wildman–Crippen LogP) is 3.51. The lowest BCUT2D eigenvalue weighted by atomic mass is 9.84. The molecule has 1 aromatic carbocycles. The van der Waals surface area contributed by atoms with Gasteiger partial charge in [0.25, 0.3) is 5.69 Å². The SMILES string of the molecule is CC(=O)C(C(=O)OC(C)C)C(C)c1ccc(Cl)cc1[N+](=O)[O-]. The molecular formula is C15H18ClNO5. The van der Waals surface area contributed by atoms with Crippen LogP contribution in [0.2, 0.25) is 5.02 Å². The number of esters is 1. The fourth-order valence-corrected chi connectivity index (χ4v) is 2.43. The van der Waals surface area contributed by atoms with Crippen molar-refractivity contribution in [3.05, 3.63) is 38.9 Å². The van der Waals surface area contributed by atoms with E-state index < -0.39 is 28.5 Å². The van der Waals surface area contributed by atoms with Gasteiger partial charge in [0.2, 0.25) is 0 Å². The second kappa shape index (κ2) is 7.35. The van der Waals surface area contributed by atoms with E-state index in [2.05, 4.69) is 0 Å². The quantitative estimate of drug-likeness (QED) is 0.345. The Hall–Kier alpha value is -1.95. The summed E-state index contributed by atoms with van der Waals surface area (Å²) in [5.41, 5.74) is 0.0545. The summed E-state index contributed by atoms with van der Waals surface area (Å²) in [6.07, 6.45) is -0.373. The van der Waals surface area contributed by atoms with Gasteiger partial charge in [0, 0.05) is 22.6 Å². The number of hydrogen-bond donors (Lipinski definition) is 0. The molecule has 1 rings (SSSR count). The number of nitro benzene ring substituents is 1. The number of carbonyl (C=O) groups is 2. The summed E-state index contributed by atoms with van der Waals surface area (Å²) < 4.78 is 5.08. The van der Waals surface area contributed by atoms with Crippen LogP contribution in [-0.2, 0) is 14.3 Å². The van der Waals surface area contributed by atoms with Gasteiger partial charge in [-0.15, -0.1) is 0 Å². The minimum atomic E-state index is -1.10. The van der Waals surface area contributed by atoms with Crippen LogP contribution >= 0.6 is 11.6 Å². The second-order valence-electron chi connectivity index (χ2n) is 5.32. The molecule has 0 heterocycles. The topological polar surface area (TPSA) is 86.5 Å². The first-order valence-electron chi connectivity index (χ1n) is 6.80. The van der Waals surface area contributed by atoms with E-state index in [1.54, 1.807) is 20.8 Å². The lowest BCUT2D eigenvalue weighted by Crippen LogP contribution is -2.31. The Morgan fingerprint density at radius 3 is 2.32 bits per heavy atom. The number of ether oxygens (including phenoxy) is 1. The minimum Gasteiger partial charge on any atom is -0.462 e. The zero-order chi connectivity index (χ0) is 17.0. The highest BCUT2D eigenvalue weighted by Gasteiger charge is 2.35. The molecule has 7 heteroatoms. The third kappa shape index (κ3) is 4.27. The molecule has 0 saturated carbocycles. The molecule has 0 aliphatic rings. The van der Waals surface area contributed by atoms with E-state index in [4.69, 9.17) is 16.3 Å².